The fourth-order valence-corrected chi connectivity index (χ4v) is 4.29. The van der Waals surface area contributed by atoms with Crippen LogP contribution >= 0.6 is 0 Å². The molecule has 2 aromatic heterocycles. The van der Waals surface area contributed by atoms with Crippen LogP contribution in [0.5, 0.6) is 0 Å². The van der Waals surface area contributed by atoms with Gasteiger partial charge in [0.2, 0.25) is 0 Å². The Balaban J connectivity index is 1.73. The van der Waals surface area contributed by atoms with Gasteiger partial charge in [-0.25, -0.2) is 4.98 Å². The number of aliphatic hydroxyl groups excluding tert-OH is 1. The Kier molecular flexibility index (Phi) is 3.54. The standard InChI is InChI=1S/C17H25N5O/c1-12-13(2)20-15-4-8-19-22(15)16(12)21-9-6-17(11-23)5-3-7-18-14(17)10-21/h4,8,14,18,23H,3,5-7,9-11H2,1-2H3/t14-,17-/m1/s1. The average Bonchev–Trinajstić information content (AvgIpc) is 3.03. The molecule has 0 unspecified atom stereocenters. The summed E-state index contributed by atoms with van der Waals surface area (Å²) < 4.78 is 1.96. The Hall–Kier alpha value is -1.66. The molecule has 0 aliphatic carbocycles. The van der Waals surface area contributed by atoms with Crippen LogP contribution < -0.4 is 10.2 Å². The fraction of sp³-hybridized carbons (Fsp3) is 0.647. The van der Waals surface area contributed by atoms with E-state index in [4.69, 9.17) is 0 Å². The quantitative estimate of drug-likeness (QED) is 0.874. The van der Waals surface area contributed by atoms with Crippen molar-refractivity contribution >= 4 is 11.5 Å². The lowest BCUT2D eigenvalue weighted by molar-refractivity contribution is 0.0336. The third kappa shape index (κ3) is 2.23. The number of hydrogen-bond donors (Lipinski definition) is 2. The third-order valence-corrected chi connectivity index (χ3v) is 5.86. The molecule has 2 saturated heterocycles. The van der Waals surface area contributed by atoms with Crippen molar-refractivity contribution in [1.82, 2.24) is 19.9 Å². The minimum atomic E-state index is 0.0496. The van der Waals surface area contributed by atoms with Crippen LogP contribution in [0.15, 0.2) is 12.3 Å². The summed E-state index contributed by atoms with van der Waals surface area (Å²) in [6, 6.07) is 2.30. The van der Waals surface area contributed by atoms with Crippen LogP contribution in [0.3, 0.4) is 0 Å². The van der Waals surface area contributed by atoms with Crippen molar-refractivity contribution in [3.63, 3.8) is 0 Å². The van der Waals surface area contributed by atoms with Crippen molar-refractivity contribution in [1.29, 1.82) is 0 Å². The summed E-state index contributed by atoms with van der Waals surface area (Å²) in [4.78, 5) is 7.04. The second kappa shape index (κ2) is 5.46. The number of aromatic nitrogens is 3. The highest BCUT2D eigenvalue weighted by Crippen LogP contribution is 2.40. The van der Waals surface area contributed by atoms with Crippen LogP contribution in [-0.4, -0.2) is 52.0 Å². The van der Waals surface area contributed by atoms with E-state index in [1.807, 2.05) is 16.8 Å². The molecule has 0 bridgehead atoms. The molecule has 4 heterocycles. The van der Waals surface area contributed by atoms with Crippen LogP contribution in [0.4, 0.5) is 5.82 Å². The van der Waals surface area contributed by atoms with Gasteiger partial charge in [0.25, 0.3) is 0 Å². The van der Waals surface area contributed by atoms with Crippen molar-refractivity contribution in [2.75, 3.05) is 31.1 Å². The first kappa shape index (κ1) is 14.9. The summed E-state index contributed by atoms with van der Waals surface area (Å²) in [7, 11) is 0. The Morgan fingerprint density at radius 3 is 3.09 bits per heavy atom. The van der Waals surface area contributed by atoms with Crippen molar-refractivity contribution < 1.29 is 5.11 Å². The summed E-state index contributed by atoms with van der Waals surface area (Å²) in [6.45, 7) is 7.39. The Morgan fingerprint density at radius 1 is 1.39 bits per heavy atom. The summed E-state index contributed by atoms with van der Waals surface area (Å²) in [6.07, 6.45) is 5.12. The molecule has 2 N–H and O–H groups in total. The largest absolute Gasteiger partial charge is 0.396 e. The first-order chi connectivity index (χ1) is 11.1. The number of hydrogen-bond acceptors (Lipinski definition) is 5. The second-order valence-corrected chi connectivity index (χ2v) is 7.07. The van der Waals surface area contributed by atoms with E-state index in [1.54, 1.807) is 0 Å². The number of rotatable bonds is 2. The summed E-state index contributed by atoms with van der Waals surface area (Å²) >= 11 is 0. The van der Waals surface area contributed by atoms with Gasteiger partial charge in [-0.15, -0.1) is 0 Å². The van der Waals surface area contributed by atoms with Gasteiger partial charge in [-0.1, -0.05) is 0 Å². The van der Waals surface area contributed by atoms with Gasteiger partial charge in [-0.05, 0) is 39.7 Å². The molecule has 124 valence electrons. The van der Waals surface area contributed by atoms with E-state index in [0.717, 1.165) is 56.1 Å². The number of anilines is 1. The molecule has 0 radical (unpaired) electrons. The number of fused-ring (bicyclic) bond motifs is 2. The van der Waals surface area contributed by atoms with Crippen LogP contribution in [0, 0.1) is 19.3 Å². The maximum absolute atomic E-state index is 9.99. The molecule has 2 aliphatic heterocycles. The smallest absolute Gasteiger partial charge is 0.157 e. The number of aryl methyl sites for hydroxylation is 1. The van der Waals surface area contributed by atoms with Gasteiger partial charge in [0.05, 0.1) is 12.8 Å². The molecule has 6 nitrogen and oxygen atoms in total. The molecule has 0 amide bonds. The molecule has 6 heteroatoms. The van der Waals surface area contributed by atoms with Crippen molar-refractivity contribution in [2.24, 2.45) is 5.41 Å². The van der Waals surface area contributed by atoms with Crippen LogP contribution in [-0.2, 0) is 0 Å². The highest BCUT2D eigenvalue weighted by Gasteiger charge is 2.44. The summed E-state index contributed by atoms with van der Waals surface area (Å²) in [5.74, 6) is 1.15. The molecule has 2 atom stereocenters. The van der Waals surface area contributed by atoms with Gasteiger partial charge in [0.1, 0.15) is 5.82 Å². The maximum atomic E-state index is 9.99. The van der Waals surface area contributed by atoms with Crippen LogP contribution in [0.2, 0.25) is 0 Å². The second-order valence-electron chi connectivity index (χ2n) is 7.07. The lowest BCUT2D eigenvalue weighted by atomic mass is 9.70. The predicted molar refractivity (Wildman–Crippen MR) is 89.8 cm³/mol. The third-order valence-electron chi connectivity index (χ3n) is 5.86. The van der Waals surface area contributed by atoms with E-state index in [-0.39, 0.29) is 12.0 Å². The average molecular weight is 315 g/mol. The Morgan fingerprint density at radius 2 is 2.26 bits per heavy atom. The zero-order valence-corrected chi connectivity index (χ0v) is 13.9. The molecule has 0 aromatic carbocycles. The molecule has 2 fully saturated rings. The summed E-state index contributed by atoms with van der Waals surface area (Å²) in [5.41, 5.74) is 3.20. The molecule has 23 heavy (non-hydrogen) atoms. The molecular weight excluding hydrogens is 290 g/mol. The van der Waals surface area contributed by atoms with E-state index in [9.17, 15) is 5.11 Å². The SMILES string of the molecule is Cc1nc2ccnn2c(N2CC[C@@]3(CO)CCCN[C@@H]3C2)c1C. The molecule has 0 saturated carbocycles. The fourth-order valence-electron chi connectivity index (χ4n) is 4.29. The number of nitrogens with one attached hydrogen (secondary N) is 1. The molecular formula is C17H25N5O. The zero-order chi connectivity index (χ0) is 16.0. The van der Waals surface area contributed by atoms with E-state index in [1.165, 1.54) is 5.56 Å². The predicted octanol–water partition coefficient (Wildman–Crippen LogP) is 1.29. The van der Waals surface area contributed by atoms with E-state index in [2.05, 4.69) is 34.1 Å². The zero-order valence-electron chi connectivity index (χ0n) is 13.9. The number of aliphatic hydroxyl groups is 1. The Labute approximate surface area is 136 Å². The molecule has 2 aromatic rings. The van der Waals surface area contributed by atoms with Crippen molar-refractivity contribution in [3.05, 3.63) is 23.5 Å². The van der Waals surface area contributed by atoms with Gasteiger partial charge in [0, 0.05) is 41.9 Å². The van der Waals surface area contributed by atoms with Crippen LogP contribution in [0.1, 0.15) is 30.5 Å². The normalized spacial score (nSPS) is 28.1. The first-order valence-corrected chi connectivity index (χ1v) is 8.55. The number of nitrogens with zero attached hydrogens (tertiary/aromatic N) is 4. The lowest BCUT2D eigenvalue weighted by Crippen LogP contribution is -2.61. The maximum Gasteiger partial charge on any atom is 0.157 e. The molecule has 0 spiro atoms. The van der Waals surface area contributed by atoms with Crippen molar-refractivity contribution in [3.8, 4) is 0 Å². The topological polar surface area (TPSA) is 65.7 Å². The monoisotopic (exact) mass is 315 g/mol. The van der Waals surface area contributed by atoms with Gasteiger partial charge >= 0.3 is 0 Å². The lowest BCUT2D eigenvalue weighted by Gasteiger charge is -2.50. The van der Waals surface area contributed by atoms with E-state index in [0.29, 0.717) is 6.04 Å². The molecule has 2 aliphatic rings. The minimum absolute atomic E-state index is 0.0496. The van der Waals surface area contributed by atoms with Gasteiger partial charge in [-0.2, -0.15) is 9.61 Å². The van der Waals surface area contributed by atoms with Gasteiger partial charge in [-0.3, -0.25) is 0 Å². The first-order valence-electron chi connectivity index (χ1n) is 8.55. The minimum Gasteiger partial charge on any atom is -0.396 e. The van der Waals surface area contributed by atoms with Crippen LogP contribution in [0.25, 0.3) is 5.65 Å². The highest BCUT2D eigenvalue weighted by molar-refractivity contribution is 5.56. The van der Waals surface area contributed by atoms with E-state index < -0.39 is 0 Å². The summed E-state index contributed by atoms with van der Waals surface area (Å²) in [5, 5.41) is 18.1. The van der Waals surface area contributed by atoms with Crippen molar-refractivity contribution in [2.45, 2.75) is 39.2 Å². The van der Waals surface area contributed by atoms with E-state index >= 15 is 0 Å². The molecule has 4 rings (SSSR count). The highest BCUT2D eigenvalue weighted by atomic mass is 16.3. The van der Waals surface area contributed by atoms with Gasteiger partial charge in [0.15, 0.2) is 5.65 Å². The number of piperidine rings is 2. The van der Waals surface area contributed by atoms with Gasteiger partial charge < -0.3 is 15.3 Å². The Bertz CT molecular complexity index is 727.